The summed E-state index contributed by atoms with van der Waals surface area (Å²) in [7, 11) is 1.99. The number of rotatable bonds is 5. The van der Waals surface area contributed by atoms with Gasteiger partial charge in [-0.25, -0.2) is 4.68 Å². The summed E-state index contributed by atoms with van der Waals surface area (Å²) in [4.78, 5) is 15.5. The number of hydrogen-bond donors (Lipinski definition) is 3. The zero-order chi connectivity index (χ0) is 25.1. The maximum atomic E-state index is 13.5. The van der Waals surface area contributed by atoms with Crippen LogP contribution in [0, 0.1) is 5.92 Å². The van der Waals surface area contributed by atoms with E-state index in [0.717, 1.165) is 34.8 Å². The number of nitrogens with one attached hydrogen (secondary N) is 1. The number of fused-ring (bicyclic) bond motifs is 1. The van der Waals surface area contributed by atoms with Gasteiger partial charge >= 0.3 is 0 Å². The van der Waals surface area contributed by atoms with Gasteiger partial charge in [-0.15, -0.1) is 0 Å². The maximum Gasteiger partial charge on any atom is 0.275 e. The highest BCUT2D eigenvalue weighted by molar-refractivity contribution is 6.30. The number of nitrogens with zero attached hydrogens (tertiary/aromatic N) is 2. The smallest absolute Gasteiger partial charge is 0.275 e. The Labute approximate surface area is 210 Å². The van der Waals surface area contributed by atoms with E-state index in [9.17, 15) is 15.0 Å². The van der Waals surface area contributed by atoms with Gasteiger partial charge in [0.05, 0.1) is 17.9 Å². The molecule has 0 radical (unpaired) electrons. The van der Waals surface area contributed by atoms with Crippen molar-refractivity contribution >= 4 is 17.3 Å². The first-order chi connectivity index (χ1) is 16.7. The molecular weight excluding hydrogens is 462 g/mol. The van der Waals surface area contributed by atoms with Crippen molar-refractivity contribution in [1.29, 1.82) is 0 Å². The zero-order valence-electron chi connectivity index (χ0n) is 20.5. The van der Waals surface area contributed by atoms with Gasteiger partial charge in [0.1, 0.15) is 0 Å². The normalized spacial score (nSPS) is 26.1. The van der Waals surface area contributed by atoms with E-state index in [4.69, 9.17) is 11.6 Å². The first-order valence-electron chi connectivity index (χ1n) is 12.2. The summed E-state index contributed by atoms with van der Waals surface area (Å²) in [6.45, 7) is 6.29. The molecule has 1 aromatic heterocycles. The van der Waals surface area contributed by atoms with E-state index in [2.05, 4.69) is 23.8 Å². The molecule has 0 bridgehead atoms. The molecule has 2 heterocycles. The molecule has 1 fully saturated rings. The number of halogens is 1. The second-order valence-corrected chi connectivity index (χ2v) is 10.6. The summed E-state index contributed by atoms with van der Waals surface area (Å²) >= 11 is 6.27. The van der Waals surface area contributed by atoms with E-state index in [1.165, 1.54) is 4.68 Å². The molecule has 2 aliphatic rings. The molecule has 2 aromatic carbocycles. The van der Waals surface area contributed by atoms with Crippen LogP contribution in [-0.2, 0) is 11.8 Å². The third kappa shape index (κ3) is 3.66. The highest BCUT2D eigenvalue weighted by Gasteiger charge is 2.52. The molecule has 1 aliphatic heterocycles. The van der Waals surface area contributed by atoms with E-state index < -0.39 is 24.0 Å². The predicted octanol–water partition coefficient (Wildman–Crippen LogP) is 4.52. The number of aliphatic hydroxyl groups is 2. The molecule has 3 N–H and O–H groups in total. The summed E-state index contributed by atoms with van der Waals surface area (Å²) in [5.74, 6) is -1.12. The summed E-state index contributed by atoms with van der Waals surface area (Å²) in [5, 5.41) is 26.4. The van der Waals surface area contributed by atoms with Gasteiger partial charge in [-0.05, 0) is 42.3 Å². The molecule has 0 saturated heterocycles. The molecule has 1 saturated carbocycles. The highest BCUT2D eigenvalue weighted by Crippen LogP contribution is 2.51. The standard InChI is InChI=1S/C28H32ClN3O3/c1-5-9-20-23(27(35)32(30-20)17-10-7-6-8-11-17)24-25(33)18(26(24)34)15-22-28(2,3)19-14-16(29)12-13-21(19)31(22)4/h6-8,10-15,18,24-26,30,33-34H,5,9H2,1-4H3. The minimum Gasteiger partial charge on any atom is -0.392 e. The average Bonchev–Trinajstić information content (AvgIpc) is 3.24. The lowest BCUT2D eigenvalue weighted by molar-refractivity contribution is -0.0953. The largest absolute Gasteiger partial charge is 0.392 e. The van der Waals surface area contributed by atoms with Gasteiger partial charge in [0.25, 0.3) is 5.56 Å². The Morgan fingerprint density at radius 2 is 1.80 bits per heavy atom. The van der Waals surface area contributed by atoms with E-state index in [1.54, 1.807) is 0 Å². The van der Waals surface area contributed by atoms with E-state index >= 15 is 0 Å². The molecule has 0 spiro atoms. The third-order valence-corrected chi connectivity index (χ3v) is 7.96. The number of H-pyrrole nitrogens is 1. The second-order valence-electron chi connectivity index (χ2n) is 10.2. The van der Waals surface area contributed by atoms with Crippen molar-refractivity contribution in [3.63, 3.8) is 0 Å². The first-order valence-corrected chi connectivity index (χ1v) is 12.6. The van der Waals surface area contributed by atoms with Crippen molar-refractivity contribution in [2.24, 2.45) is 5.92 Å². The van der Waals surface area contributed by atoms with Gasteiger partial charge in [-0.1, -0.05) is 63.1 Å². The molecule has 7 heteroatoms. The van der Waals surface area contributed by atoms with Gasteiger partial charge in [0.15, 0.2) is 0 Å². The van der Waals surface area contributed by atoms with Crippen molar-refractivity contribution in [2.75, 3.05) is 11.9 Å². The fourth-order valence-electron chi connectivity index (χ4n) is 5.81. The lowest BCUT2D eigenvalue weighted by Crippen LogP contribution is -2.54. The van der Waals surface area contributed by atoms with Crippen LogP contribution in [-0.4, -0.2) is 39.2 Å². The van der Waals surface area contributed by atoms with Crippen LogP contribution >= 0.6 is 11.6 Å². The topological polar surface area (TPSA) is 81.5 Å². The second kappa shape index (κ2) is 8.70. The number of allylic oxidation sites excluding steroid dienone is 1. The van der Waals surface area contributed by atoms with Crippen LogP contribution in [0.4, 0.5) is 5.69 Å². The Morgan fingerprint density at radius 3 is 2.46 bits per heavy atom. The van der Waals surface area contributed by atoms with E-state index in [-0.39, 0.29) is 11.0 Å². The molecule has 1 aliphatic carbocycles. The predicted molar refractivity (Wildman–Crippen MR) is 140 cm³/mol. The number of aliphatic hydroxyl groups excluding tert-OH is 2. The van der Waals surface area contributed by atoms with Crippen LogP contribution in [0.1, 0.15) is 49.9 Å². The van der Waals surface area contributed by atoms with Crippen molar-refractivity contribution in [3.8, 4) is 5.69 Å². The Kier molecular flexibility index (Phi) is 5.94. The van der Waals surface area contributed by atoms with Gasteiger partial charge in [0, 0.05) is 52.0 Å². The van der Waals surface area contributed by atoms with Crippen LogP contribution in [0.2, 0.25) is 5.02 Å². The number of benzene rings is 2. The van der Waals surface area contributed by atoms with Crippen molar-refractivity contribution in [3.05, 3.63) is 92.5 Å². The van der Waals surface area contributed by atoms with Gasteiger partial charge in [-0.2, -0.15) is 0 Å². The average molecular weight is 494 g/mol. The molecule has 35 heavy (non-hydrogen) atoms. The fraction of sp³-hybridized carbons (Fsp3) is 0.393. The number of anilines is 1. The zero-order valence-corrected chi connectivity index (χ0v) is 21.3. The minimum atomic E-state index is -0.864. The lowest BCUT2D eigenvalue weighted by atomic mass is 9.64. The van der Waals surface area contributed by atoms with E-state index in [0.29, 0.717) is 17.0 Å². The van der Waals surface area contributed by atoms with Crippen LogP contribution in [0.25, 0.3) is 5.69 Å². The van der Waals surface area contributed by atoms with Crippen LogP contribution in [0.15, 0.2) is 65.1 Å². The minimum absolute atomic E-state index is 0.214. The molecule has 2 atom stereocenters. The van der Waals surface area contributed by atoms with Crippen LogP contribution in [0.5, 0.6) is 0 Å². The summed E-state index contributed by atoms with van der Waals surface area (Å²) in [6, 6.07) is 15.2. The number of likely N-dealkylation sites (N-methyl/N-ethyl adjacent to an activating group) is 1. The third-order valence-electron chi connectivity index (χ3n) is 7.72. The van der Waals surface area contributed by atoms with Crippen molar-refractivity contribution in [2.45, 2.75) is 57.2 Å². The number of aryl methyl sites for hydroxylation is 1. The Balaban J connectivity index is 1.49. The monoisotopic (exact) mass is 493 g/mol. The molecule has 184 valence electrons. The van der Waals surface area contributed by atoms with Crippen molar-refractivity contribution < 1.29 is 10.2 Å². The van der Waals surface area contributed by atoms with E-state index in [1.807, 2.05) is 68.6 Å². The first kappa shape index (κ1) is 23.9. The molecule has 6 nitrogen and oxygen atoms in total. The number of hydrogen-bond acceptors (Lipinski definition) is 4. The molecule has 0 amide bonds. The quantitative estimate of drug-likeness (QED) is 0.488. The van der Waals surface area contributed by atoms with Gasteiger partial charge in [-0.3, -0.25) is 9.89 Å². The highest BCUT2D eigenvalue weighted by atomic mass is 35.5. The summed E-state index contributed by atoms with van der Waals surface area (Å²) in [5.41, 5.74) is 4.62. The lowest BCUT2D eigenvalue weighted by Gasteiger charge is -2.45. The van der Waals surface area contributed by atoms with Crippen LogP contribution < -0.4 is 10.5 Å². The summed E-state index contributed by atoms with van der Waals surface area (Å²) < 4.78 is 1.51. The summed E-state index contributed by atoms with van der Waals surface area (Å²) in [6.07, 6.45) is 1.75. The molecule has 5 rings (SSSR count). The number of aromatic nitrogens is 2. The number of para-hydroxylation sites is 1. The molecule has 2 unspecified atom stereocenters. The number of aromatic amines is 1. The molecule has 3 aromatic rings. The molecular formula is C28H32ClN3O3. The fourth-order valence-corrected chi connectivity index (χ4v) is 5.98. The van der Waals surface area contributed by atoms with Crippen molar-refractivity contribution in [1.82, 2.24) is 9.78 Å². The van der Waals surface area contributed by atoms with Gasteiger partial charge < -0.3 is 15.1 Å². The Hall–Kier alpha value is -2.80. The Morgan fingerprint density at radius 1 is 1.11 bits per heavy atom. The SMILES string of the molecule is CCCc1[nH]n(-c2ccccc2)c(=O)c1C1C(O)C(C=C2N(C)c3ccc(Cl)cc3C2(C)C)C1O. The van der Waals surface area contributed by atoms with Gasteiger partial charge in [0.2, 0.25) is 0 Å². The maximum absolute atomic E-state index is 13.5. The Bertz CT molecular complexity index is 1330. The van der Waals surface area contributed by atoms with Crippen LogP contribution in [0.3, 0.4) is 0 Å².